The second kappa shape index (κ2) is 8.40. The first-order valence-electron chi connectivity index (χ1n) is 6.92. The van der Waals surface area contributed by atoms with Crippen molar-refractivity contribution in [1.82, 2.24) is 0 Å². The van der Waals surface area contributed by atoms with E-state index >= 15 is 0 Å². The van der Waals surface area contributed by atoms with Crippen molar-refractivity contribution in [3.8, 4) is 5.75 Å². The molecule has 3 N–H and O–H groups in total. The van der Waals surface area contributed by atoms with Gasteiger partial charge in [0.2, 0.25) is 0 Å². The number of amidine groups is 1. The average molecular weight is 264 g/mol. The predicted octanol–water partition coefficient (Wildman–Crippen LogP) is 3.52. The van der Waals surface area contributed by atoms with Crippen LogP contribution >= 0.6 is 0 Å². The first kappa shape index (κ1) is 15.3. The van der Waals surface area contributed by atoms with Gasteiger partial charge in [-0.2, -0.15) is 0 Å². The Morgan fingerprint density at radius 2 is 2.05 bits per heavy atom. The number of hydrogen-bond donors (Lipinski definition) is 2. The van der Waals surface area contributed by atoms with E-state index in [0.717, 1.165) is 6.42 Å². The van der Waals surface area contributed by atoms with E-state index in [9.17, 15) is 0 Å². The van der Waals surface area contributed by atoms with Crippen LogP contribution in [0.4, 0.5) is 0 Å². The number of nitrogens with zero attached hydrogens (tertiary/aromatic N) is 1. The van der Waals surface area contributed by atoms with E-state index in [-0.39, 0.29) is 11.9 Å². The lowest BCUT2D eigenvalue weighted by atomic mass is 10.1. The molecule has 0 aliphatic carbocycles. The lowest BCUT2D eigenvalue weighted by molar-refractivity contribution is 0.206. The molecule has 4 heteroatoms. The SMILES string of the molecule is CCCCCCC(C)Oc1ccccc1/C(N)=N/O. The molecule has 0 aliphatic heterocycles. The third kappa shape index (κ3) is 5.20. The zero-order valence-corrected chi connectivity index (χ0v) is 11.8. The summed E-state index contributed by atoms with van der Waals surface area (Å²) < 4.78 is 5.88. The molecule has 4 nitrogen and oxygen atoms in total. The van der Waals surface area contributed by atoms with Gasteiger partial charge in [-0.25, -0.2) is 0 Å². The van der Waals surface area contributed by atoms with Crippen LogP contribution in [0.5, 0.6) is 5.75 Å². The van der Waals surface area contributed by atoms with E-state index in [1.807, 2.05) is 18.2 Å². The molecule has 0 aromatic heterocycles. The minimum atomic E-state index is 0.0776. The Morgan fingerprint density at radius 3 is 2.74 bits per heavy atom. The van der Waals surface area contributed by atoms with Gasteiger partial charge in [0.05, 0.1) is 11.7 Å². The van der Waals surface area contributed by atoms with Gasteiger partial charge in [-0.15, -0.1) is 0 Å². The minimum absolute atomic E-state index is 0.0776. The molecule has 19 heavy (non-hydrogen) atoms. The van der Waals surface area contributed by atoms with Crippen molar-refractivity contribution in [3.05, 3.63) is 29.8 Å². The zero-order valence-electron chi connectivity index (χ0n) is 11.8. The Labute approximate surface area is 115 Å². The summed E-state index contributed by atoms with van der Waals surface area (Å²) in [6.45, 7) is 4.25. The third-order valence-corrected chi connectivity index (χ3v) is 3.06. The van der Waals surface area contributed by atoms with Crippen molar-refractivity contribution < 1.29 is 9.94 Å². The maximum absolute atomic E-state index is 8.75. The summed E-state index contributed by atoms with van der Waals surface area (Å²) in [6, 6.07) is 7.35. The molecule has 0 heterocycles. The topological polar surface area (TPSA) is 67.8 Å². The van der Waals surface area contributed by atoms with Crippen molar-refractivity contribution in [2.75, 3.05) is 0 Å². The summed E-state index contributed by atoms with van der Waals surface area (Å²) in [6.07, 6.45) is 6.07. The lowest BCUT2D eigenvalue weighted by Gasteiger charge is -2.17. The third-order valence-electron chi connectivity index (χ3n) is 3.06. The van der Waals surface area contributed by atoms with Crippen molar-refractivity contribution in [3.63, 3.8) is 0 Å². The number of nitrogens with two attached hydrogens (primary N) is 1. The van der Waals surface area contributed by atoms with Crippen LogP contribution in [-0.2, 0) is 0 Å². The highest BCUT2D eigenvalue weighted by atomic mass is 16.5. The summed E-state index contributed by atoms with van der Waals surface area (Å²) in [5.74, 6) is 0.745. The molecule has 0 saturated carbocycles. The first-order valence-corrected chi connectivity index (χ1v) is 6.92. The van der Waals surface area contributed by atoms with Crippen LogP contribution in [0, 0.1) is 0 Å². The van der Waals surface area contributed by atoms with Gasteiger partial charge in [-0.3, -0.25) is 0 Å². The van der Waals surface area contributed by atoms with Crippen molar-refractivity contribution >= 4 is 5.84 Å². The normalized spacial score (nSPS) is 13.3. The Balaban J connectivity index is 2.56. The summed E-state index contributed by atoms with van der Waals surface area (Å²) in [4.78, 5) is 0. The van der Waals surface area contributed by atoms with E-state index in [1.54, 1.807) is 6.07 Å². The number of rotatable bonds is 8. The van der Waals surface area contributed by atoms with Crippen molar-refractivity contribution in [1.29, 1.82) is 0 Å². The van der Waals surface area contributed by atoms with Gasteiger partial charge in [-0.1, -0.05) is 43.5 Å². The predicted molar refractivity (Wildman–Crippen MR) is 77.8 cm³/mol. The van der Waals surface area contributed by atoms with Gasteiger partial charge >= 0.3 is 0 Å². The molecule has 0 saturated heterocycles. The second-order valence-corrected chi connectivity index (χ2v) is 4.76. The molecule has 0 aliphatic rings. The van der Waals surface area contributed by atoms with E-state index in [2.05, 4.69) is 19.0 Å². The highest BCUT2D eigenvalue weighted by Crippen LogP contribution is 2.20. The standard InChI is InChI=1S/C15H24N2O2/c1-3-4-5-6-9-12(2)19-14-11-8-7-10-13(14)15(16)17-18/h7-8,10-12,18H,3-6,9H2,1-2H3,(H2,16,17). The zero-order chi connectivity index (χ0) is 14.1. The summed E-state index contributed by atoms with van der Waals surface area (Å²) >= 11 is 0. The quantitative estimate of drug-likeness (QED) is 0.248. The van der Waals surface area contributed by atoms with Crippen molar-refractivity contribution in [2.24, 2.45) is 10.9 Å². The highest BCUT2D eigenvalue weighted by Gasteiger charge is 2.10. The van der Waals surface area contributed by atoms with Crippen LogP contribution in [-0.4, -0.2) is 17.1 Å². The minimum Gasteiger partial charge on any atom is -0.490 e. The van der Waals surface area contributed by atoms with Crippen LogP contribution in [0.15, 0.2) is 29.4 Å². The van der Waals surface area contributed by atoms with Crippen LogP contribution in [0.2, 0.25) is 0 Å². The largest absolute Gasteiger partial charge is 0.490 e. The molecule has 1 atom stereocenters. The summed E-state index contributed by atoms with van der Waals surface area (Å²) in [5.41, 5.74) is 6.26. The molecule has 106 valence electrons. The molecule has 0 bridgehead atoms. The number of ether oxygens (including phenoxy) is 1. The fourth-order valence-electron chi connectivity index (χ4n) is 1.97. The van der Waals surface area contributed by atoms with Gasteiger partial charge < -0.3 is 15.7 Å². The van der Waals surface area contributed by atoms with Crippen molar-refractivity contribution in [2.45, 2.75) is 52.1 Å². The van der Waals surface area contributed by atoms with Crippen LogP contribution in [0.25, 0.3) is 0 Å². The van der Waals surface area contributed by atoms with E-state index in [0.29, 0.717) is 11.3 Å². The molecule has 1 rings (SSSR count). The number of benzene rings is 1. The fourth-order valence-corrected chi connectivity index (χ4v) is 1.97. The molecule has 0 spiro atoms. The molecule has 1 aromatic carbocycles. The van der Waals surface area contributed by atoms with Gasteiger partial charge in [0.15, 0.2) is 5.84 Å². The molecule has 0 fully saturated rings. The van der Waals surface area contributed by atoms with Crippen LogP contribution < -0.4 is 10.5 Å². The van der Waals surface area contributed by atoms with Gasteiger partial charge in [-0.05, 0) is 31.9 Å². The van der Waals surface area contributed by atoms with E-state index in [1.165, 1.54) is 25.7 Å². The summed E-state index contributed by atoms with van der Waals surface area (Å²) in [5, 5.41) is 11.8. The molecule has 1 unspecified atom stereocenters. The Bertz CT molecular complexity index is 405. The van der Waals surface area contributed by atoms with E-state index < -0.39 is 0 Å². The highest BCUT2D eigenvalue weighted by molar-refractivity contribution is 5.99. The Kier molecular flexibility index (Phi) is 6.79. The van der Waals surface area contributed by atoms with Gasteiger partial charge in [0.1, 0.15) is 5.75 Å². The summed E-state index contributed by atoms with van der Waals surface area (Å²) in [7, 11) is 0. The first-order chi connectivity index (χ1) is 9.19. The van der Waals surface area contributed by atoms with Gasteiger partial charge in [0.25, 0.3) is 0 Å². The molecule has 0 amide bonds. The smallest absolute Gasteiger partial charge is 0.173 e. The number of unbranched alkanes of at least 4 members (excludes halogenated alkanes) is 3. The van der Waals surface area contributed by atoms with Gasteiger partial charge in [0, 0.05) is 0 Å². The average Bonchev–Trinajstić information content (AvgIpc) is 2.43. The van der Waals surface area contributed by atoms with E-state index in [4.69, 9.17) is 15.7 Å². The Morgan fingerprint density at radius 1 is 1.32 bits per heavy atom. The van der Waals surface area contributed by atoms with Crippen LogP contribution in [0.1, 0.15) is 51.5 Å². The molecular weight excluding hydrogens is 240 g/mol. The number of oxime groups is 1. The fraction of sp³-hybridized carbons (Fsp3) is 0.533. The Hall–Kier alpha value is -1.71. The maximum atomic E-state index is 8.75. The number of para-hydroxylation sites is 1. The monoisotopic (exact) mass is 264 g/mol. The number of hydrogen-bond acceptors (Lipinski definition) is 3. The molecule has 1 aromatic rings. The molecular formula is C15H24N2O2. The maximum Gasteiger partial charge on any atom is 0.173 e. The second-order valence-electron chi connectivity index (χ2n) is 4.76. The van der Waals surface area contributed by atoms with Crippen LogP contribution in [0.3, 0.4) is 0 Å². The lowest BCUT2D eigenvalue weighted by Crippen LogP contribution is -2.18. The molecule has 0 radical (unpaired) electrons.